The van der Waals surface area contributed by atoms with Crippen molar-refractivity contribution < 1.29 is 19.5 Å². The molecule has 1 aromatic carbocycles. The number of nitro benzene ring substituents is 1. The number of rotatable bonds is 4. The molecular formula is C9H9ClFNO4. The van der Waals surface area contributed by atoms with Crippen LogP contribution in [0.1, 0.15) is 11.7 Å². The summed E-state index contributed by atoms with van der Waals surface area (Å²) in [5.74, 6) is -1.29. The number of halogens is 2. The Morgan fingerprint density at radius 2 is 2.12 bits per heavy atom. The highest BCUT2D eigenvalue weighted by Crippen LogP contribution is 2.24. The summed E-state index contributed by atoms with van der Waals surface area (Å²) in [4.78, 5) is 9.45. The summed E-state index contributed by atoms with van der Waals surface area (Å²) in [6.07, 6.45) is -2.62. The van der Waals surface area contributed by atoms with E-state index in [1.807, 2.05) is 0 Å². The number of benzene rings is 1. The van der Waals surface area contributed by atoms with Crippen LogP contribution in [0.15, 0.2) is 18.2 Å². The van der Waals surface area contributed by atoms with E-state index in [0.29, 0.717) is 0 Å². The first-order valence-corrected chi connectivity index (χ1v) is 4.86. The predicted octanol–water partition coefficient (Wildman–Crippen LogP) is 1.37. The fraction of sp³-hybridized carbons (Fsp3) is 0.333. The van der Waals surface area contributed by atoms with E-state index in [1.165, 1.54) is 6.07 Å². The molecule has 0 amide bonds. The van der Waals surface area contributed by atoms with Crippen LogP contribution in [0.2, 0.25) is 0 Å². The fourth-order valence-corrected chi connectivity index (χ4v) is 1.33. The maximum Gasteiger partial charge on any atom is 0.304 e. The lowest BCUT2D eigenvalue weighted by molar-refractivity contribution is -0.387. The van der Waals surface area contributed by atoms with Crippen LogP contribution in [0.3, 0.4) is 0 Å². The van der Waals surface area contributed by atoms with Crippen molar-refractivity contribution in [3.8, 4) is 0 Å². The molecule has 2 unspecified atom stereocenters. The molecule has 0 bridgehead atoms. The van der Waals surface area contributed by atoms with Crippen molar-refractivity contribution in [3.05, 3.63) is 39.7 Å². The van der Waals surface area contributed by atoms with E-state index in [0.717, 1.165) is 12.1 Å². The maximum atomic E-state index is 13.2. The highest BCUT2D eigenvalue weighted by Gasteiger charge is 2.21. The van der Waals surface area contributed by atoms with Crippen LogP contribution < -0.4 is 0 Å². The lowest BCUT2D eigenvalue weighted by atomic mass is 10.0. The van der Waals surface area contributed by atoms with E-state index in [-0.39, 0.29) is 11.4 Å². The molecule has 1 rings (SSSR count). The fourth-order valence-electron chi connectivity index (χ4n) is 1.16. The first-order chi connectivity index (χ1) is 7.47. The topological polar surface area (TPSA) is 83.6 Å². The minimum atomic E-state index is -1.37. The quantitative estimate of drug-likeness (QED) is 0.480. The molecule has 0 aliphatic carbocycles. The smallest absolute Gasteiger partial charge is 0.304 e. The van der Waals surface area contributed by atoms with Gasteiger partial charge in [-0.15, -0.1) is 11.6 Å². The lowest BCUT2D eigenvalue weighted by Gasteiger charge is -2.15. The van der Waals surface area contributed by atoms with Gasteiger partial charge in [0.1, 0.15) is 6.10 Å². The van der Waals surface area contributed by atoms with Crippen LogP contribution in [0, 0.1) is 15.9 Å². The molecule has 2 atom stereocenters. The van der Waals surface area contributed by atoms with Crippen LogP contribution in [-0.4, -0.2) is 27.1 Å². The third kappa shape index (κ3) is 2.66. The van der Waals surface area contributed by atoms with E-state index in [4.69, 9.17) is 11.6 Å². The summed E-state index contributed by atoms with van der Waals surface area (Å²) in [7, 11) is 0. The van der Waals surface area contributed by atoms with Gasteiger partial charge in [-0.3, -0.25) is 10.1 Å². The Kier molecular flexibility index (Phi) is 4.17. The Labute approximate surface area is 95.2 Å². The van der Waals surface area contributed by atoms with Gasteiger partial charge in [0.15, 0.2) is 0 Å². The van der Waals surface area contributed by atoms with Crippen molar-refractivity contribution in [2.75, 3.05) is 5.88 Å². The molecule has 0 heterocycles. The Balaban J connectivity index is 3.01. The summed E-state index contributed by atoms with van der Waals surface area (Å²) in [5.41, 5.74) is -0.646. The molecule has 0 fully saturated rings. The number of hydrogen-bond acceptors (Lipinski definition) is 4. The zero-order valence-electron chi connectivity index (χ0n) is 8.01. The van der Waals surface area contributed by atoms with Gasteiger partial charge >= 0.3 is 5.69 Å². The van der Waals surface area contributed by atoms with Crippen molar-refractivity contribution in [2.24, 2.45) is 0 Å². The molecule has 88 valence electrons. The molecule has 1 aromatic rings. The van der Waals surface area contributed by atoms with Gasteiger partial charge in [0.2, 0.25) is 5.82 Å². The van der Waals surface area contributed by atoms with Gasteiger partial charge < -0.3 is 10.2 Å². The molecule has 16 heavy (non-hydrogen) atoms. The zero-order valence-corrected chi connectivity index (χ0v) is 8.76. The normalized spacial score (nSPS) is 14.5. The summed E-state index contributed by atoms with van der Waals surface area (Å²) >= 11 is 5.31. The minimum Gasteiger partial charge on any atom is -0.389 e. The van der Waals surface area contributed by atoms with Gasteiger partial charge in [-0.25, -0.2) is 0 Å². The third-order valence-electron chi connectivity index (χ3n) is 2.03. The first-order valence-electron chi connectivity index (χ1n) is 4.33. The van der Waals surface area contributed by atoms with E-state index >= 15 is 0 Å². The highest BCUT2D eigenvalue weighted by atomic mass is 35.5. The molecule has 0 aliphatic rings. The maximum absolute atomic E-state index is 13.2. The van der Waals surface area contributed by atoms with Gasteiger partial charge in [0.25, 0.3) is 0 Å². The van der Waals surface area contributed by atoms with Crippen molar-refractivity contribution >= 4 is 17.3 Å². The first kappa shape index (κ1) is 12.8. The van der Waals surface area contributed by atoms with Crippen molar-refractivity contribution in [1.29, 1.82) is 0 Å². The average Bonchev–Trinajstić information content (AvgIpc) is 2.26. The molecule has 0 spiro atoms. The molecule has 0 saturated heterocycles. The van der Waals surface area contributed by atoms with Gasteiger partial charge in [0.05, 0.1) is 16.9 Å². The molecule has 0 radical (unpaired) electrons. The Morgan fingerprint density at radius 3 is 2.56 bits per heavy atom. The van der Waals surface area contributed by atoms with Gasteiger partial charge in [-0.05, 0) is 17.7 Å². The number of aliphatic hydroxyl groups is 2. The Hall–Kier alpha value is -1.24. The summed E-state index contributed by atoms with van der Waals surface area (Å²) in [6.45, 7) is 0. The van der Waals surface area contributed by atoms with Gasteiger partial charge in [-0.1, -0.05) is 0 Å². The third-order valence-corrected chi connectivity index (χ3v) is 2.35. The number of hydrogen-bond donors (Lipinski definition) is 2. The minimum absolute atomic E-state index is 0.0382. The van der Waals surface area contributed by atoms with Gasteiger partial charge in [-0.2, -0.15) is 4.39 Å². The number of alkyl halides is 1. The van der Waals surface area contributed by atoms with Crippen LogP contribution in [0.25, 0.3) is 0 Å². The standard InChI is InChI=1S/C9H9ClFNO4/c10-4-8(13)9(14)5-1-2-7(12(15)16)6(11)3-5/h1-3,8-9,13-14H,4H2. The summed E-state index contributed by atoms with van der Waals surface area (Å²) in [6, 6.07) is 2.90. The number of nitro groups is 1. The van der Waals surface area contributed by atoms with E-state index in [1.54, 1.807) is 0 Å². The monoisotopic (exact) mass is 249 g/mol. The van der Waals surface area contributed by atoms with Crippen LogP contribution in [0.4, 0.5) is 10.1 Å². The summed E-state index contributed by atoms with van der Waals surface area (Å²) < 4.78 is 13.2. The van der Waals surface area contributed by atoms with E-state index in [9.17, 15) is 24.7 Å². The molecule has 5 nitrogen and oxygen atoms in total. The van der Waals surface area contributed by atoms with Crippen LogP contribution in [0.5, 0.6) is 0 Å². The molecular weight excluding hydrogens is 241 g/mol. The lowest BCUT2D eigenvalue weighted by Crippen LogP contribution is -2.19. The Bertz CT molecular complexity index is 401. The van der Waals surface area contributed by atoms with Crippen LogP contribution >= 0.6 is 11.6 Å². The largest absolute Gasteiger partial charge is 0.389 e. The molecule has 0 saturated carbocycles. The second-order valence-corrected chi connectivity index (χ2v) is 3.44. The molecule has 0 aliphatic heterocycles. The second kappa shape index (κ2) is 5.20. The van der Waals surface area contributed by atoms with E-state index in [2.05, 4.69) is 0 Å². The SMILES string of the molecule is O=[N+]([O-])c1ccc(C(O)C(O)CCl)cc1F. The Morgan fingerprint density at radius 1 is 1.50 bits per heavy atom. The number of nitrogens with zero attached hydrogens (tertiary/aromatic N) is 1. The number of aliphatic hydroxyl groups excluding tert-OH is 2. The van der Waals surface area contributed by atoms with E-state index < -0.39 is 28.6 Å². The summed E-state index contributed by atoms with van der Waals surface area (Å²) in [5, 5.41) is 29.0. The molecule has 7 heteroatoms. The van der Waals surface area contributed by atoms with Crippen molar-refractivity contribution in [2.45, 2.75) is 12.2 Å². The van der Waals surface area contributed by atoms with Crippen LogP contribution in [-0.2, 0) is 0 Å². The molecule has 2 N–H and O–H groups in total. The molecule has 0 aromatic heterocycles. The van der Waals surface area contributed by atoms with Gasteiger partial charge in [0, 0.05) is 6.07 Å². The van der Waals surface area contributed by atoms with Crippen molar-refractivity contribution in [3.63, 3.8) is 0 Å². The van der Waals surface area contributed by atoms with Crippen molar-refractivity contribution in [1.82, 2.24) is 0 Å². The second-order valence-electron chi connectivity index (χ2n) is 3.13. The highest BCUT2D eigenvalue weighted by molar-refractivity contribution is 6.18. The average molecular weight is 250 g/mol. The zero-order chi connectivity index (χ0) is 12.3. The predicted molar refractivity (Wildman–Crippen MR) is 54.7 cm³/mol.